The Bertz CT molecular complexity index is 416. The molecular weight excluding hydrogens is 252 g/mol. The van der Waals surface area contributed by atoms with Gasteiger partial charge < -0.3 is 10.0 Å². The number of benzene rings is 1. The topological polar surface area (TPSA) is 43.8 Å². The first-order chi connectivity index (χ1) is 9.66. The number of likely N-dealkylation sites (tertiary alicyclic amines) is 1. The van der Waals surface area contributed by atoms with Crippen molar-refractivity contribution in [3.05, 3.63) is 35.9 Å². The molecule has 0 spiro atoms. The van der Waals surface area contributed by atoms with Gasteiger partial charge in [-0.3, -0.25) is 9.69 Å². The Morgan fingerprint density at radius 3 is 2.55 bits per heavy atom. The third kappa shape index (κ3) is 4.32. The molecule has 20 heavy (non-hydrogen) atoms. The number of hydrogen-bond acceptors (Lipinski definition) is 3. The van der Waals surface area contributed by atoms with Crippen molar-refractivity contribution in [3.63, 3.8) is 0 Å². The maximum Gasteiger partial charge on any atom is 0.305 e. The van der Waals surface area contributed by atoms with E-state index in [1.54, 1.807) is 0 Å². The number of rotatable bonds is 7. The van der Waals surface area contributed by atoms with Gasteiger partial charge in [-0.05, 0) is 38.5 Å². The van der Waals surface area contributed by atoms with Crippen LogP contribution in [0.1, 0.15) is 30.9 Å². The predicted molar refractivity (Wildman–Crippen MR) is 79.7 cm³/mol. The summed E-state index contributed by atoms with van der Waals surface area (Å²) >= 11 is 0. The van der Waals surface area contributed by atoms with Crippen molar-refractivity contribution < 1.29 is 9.90 Å². The van der Waals surface area contributed by atoms with Gasteiger partial charge in [0.2, 0.25) is 0 Å². The van der Waals surface area contributed by atoms with Gasteiger partial charge in [-0.2, -0.15) is 0 Å². The van der Waals surface area contributed by atoms with Gasteiger partial charge in [0.05, 0.1) is 6.42 Å². The quantitative estimate of drug-likeness (QED) is 0.829. The number of hydrogen-bond donors (Lipinski definition) is 1. The SMILES string of the molecule is CN(CCN1CCCC1)C(CC(=O)O)c1ccccc1. The summed E-state index contributed by atoms with van der Waals surface area (Å²) < 4.78 is 0. The van der Waals surface area contributed by atoms with Gasteiger partial charge in [-0.15, -0.1) is 0 Å². The van der Waals surface area contributed by atoms with E-state index in [-0.39, 0.29) is 12.5 Å². The maximum atomic E-state index is 11.1. The van der Waals surface area contributed by atoms with Gasteiger partial charge in [0.15, 0.2) is 0 Å². The minimum atomic E-state index is -0.744. The number of likely N-dealkylation sites (N-methyl/N-ethyl adjacent to an activating group) is 1. The van der Waals surface area contributed by atoms with Crippen molar-refractivity contribution in [2.75, 3.05) is 33.2 Å². The molecule has 1 heterocycles. The first kappa shape index (κ1) is 15.0. The molecular formula is C16H24N2O2. The Labute approximate surface area is 121 Å². The smallest absolute Gasteiger partial charge is 0.305 e. The molecule has 1 aliphatic heterocycles. The summed E-state index contributed by atoms with van der Waals surface area (Å²) in [6.07, 6.45) is 2.74. The molecule has 2 rings (SSSR count). The molecule has 4 heteroatoms. The van der Waals surface area contributed by atoms with Crippen LogP contribution in [0.3, 0.4) is 0 Å². The fraction of sp³-hybridized carbons (Fsp3) is 0.562. The second kappa shape index (κ2) is 7.41. The van der Waals surface area contributed by atoms with E-state index < -0.39 is 5.97 Å². The lowest BCUT2D eigenvalue weighted by Crippen LogP contribution is -2.34. The van der Waals surface area contributed by atoms with Crippen molar-refractivity contribution in [2.24, 2.45) is 0 Å². The predicted octanol–water partition coefficient (Wildman–Crippen LogP) is 2.23. The Hall–Kier alpha value is -1.39. The van der Waals surface area contributed by atoms with E-state index in [1.807, 2.05) is 37.4 Å². The molecule has 1 unspecified atom stereocenters. The Morgan fingerprint density at radius 2 is 1.95 bits per heavy atom. The highest BCUT2D eigenvalue weighted by molar-refractivity contribution is 5.67. The van der Waals surface area contributed by atoms with Crippen LogP contribution in [-0.4, -0.2) is 54.1 Å². The average Bonchev–Trinajstić information content (AvgIpc) is 2.96. The molecule has 1 fully saturated rings. The van der Waals surface area contributed by atoms with Gasteiger partial charge in [-0.1, -0.05) is 30.3 Å². The summed E-state index contributed by atoms with van der Waals surface area (Å²) in [5.41, 5.74) is 1.08. The molecule has 1 aromatic carbocycles. The number of carboxylic acids is 1. The largest absolute Gasteiger partial charge is 0.481 e. The molecule has 1 aliphatic rings. The Balaban J connectivity index is 1.96. The molecule has 1 saturated heterocycles. The summed E-state index contributed by atoms with van der Waals surface area (Å²) in [4.78, 5) is 15.7. The number of carbonyl (C=O) groups is 1. The van der Waals surface area contributed by atoms with E-state index in [4.69, 9.17) is 5.11 Å². The Kier molecular flexibility index (Phi) is 5.56. The average molecular weight is 276 g/mol. The summed E-state index contributed by atoms with van der Waals surface area (Å²) in [5.74, 6) is -0.744. The summed E-state index contributed by atoms with van der Waals surface area (Å²) in [7, 11) is 2.02. The third-order valence-corrected chi connectivity index (χ3v) is 4.05. The van der Waals surface area contributed by atoms with Crippen molar-refractivity contribution in [2.45, 2.75) is 25.3 Å². The summed E-state index contributed by atoms with van der Waals surface area (Å²) in [5, 5.41) is 9.14. The Morgan fingerprint density at radius 1 is 1.30 bits per heavy atom. The molecule has 0 aromatic heterocycles. The second-order valence-electron chi connectivity index (χ2n) is 5.55. The van der Waals surface area contributed by atoms with E-state index in [2.05, 4.69) is 9.80 Å². The summed E-state index contributed by atoms with van der Waals surface area (Å²) in [6, 6.07) is 9.89. The van der Waals surface area contributed by atoms with Crippen molar-refractivity contribution in [1.29, 1.82) is 0 Å². The fourth-order valence-electron chi connectivity index (χ4n) is 2.83. The zero-order valence-corrected chi connectivity index (χ0v) is 12.2. The number of aliphatic carboxylic acids is 1. The lowest BCUT2D eigenvalue weighted by molar-refractivity contribution is -0.138. The van der Waals surface area contributed by atoms with Crippen LogP contribution in [-0.2, 0) is 4.79 Å². The standard InChI is InChI=1S/C16H24N2O2/c1-17(11-12-18-9-5-6-10-18)15(13-16(19)20)14-7-3-2-4-8-14/h2-4,7-8,15H,5-6,9-13H2,1H3,(H,19,20). The van der Waals surface area contributed by atoms with E-state index in [0.29, 0.717) is 0 Å². The van der Waals surface area contributed by atoms with Crippen LogP contribution in [0.2, 0.25) is 0 Å². The van der Waals surface area contributed by atoms with Gasteiger partial charge in [-0.25, -0.2) is 0 Å². The first-order valence-corrected chi connectivity index (χ1v) is 7.36. The molecule has 0 saturated carbocycles. The van der Waals surface area contributed by atoms with Crippen LogP contribution in [0.5, 0.6) is 0 Å². The van der Waals surface area contributed by atoms with Crippen LogP contribution >= 0.6 is 0 Å². The highest BCUT2D eigenvalue weighted by atomic mass is 16.4. The fourth-order valence-corrected chi connectivity index (χ4v) is 2.83. The van der Waals surface area contributed by atoms with Crippen molar-refractivity contribution in [1.82, 2.24) is 9.80 Å². The lowest BCUT2D eigenvalue weighted by atomic mass is 10.0. The molecule has 1 aromatic rings. The van der Waals surface area contributed by atoms with Gasteiger partial charge >= 0.3 is 5.97 Å². The van der Waals surface area contributed by atoms with Crippen molar-refractivity contribution in [3.8, 4) is 0 Å². The normalized spacial score (nSPS) is 17.5. The zero-order chi connectivity index (χ0) is 14.4. The second-order valence-corrected chi connectivity index (χ2v) is 5.55. The van der Waals surface area contributed by atoms with E-state index in [9.17, 15) is 4.79 Å². The van der Waals surface area contributed by atoms with Crippen LogP contribution in [0.15, 0.2) is 30.3 Å². The minimum absolute atomic E-state index is 0.0451. The molecule has 110 valence electrons. The highest BCUT2D eigenvalue weighted by Crippen LogP contribution is 2.23. The number of carboxylic acid groups (broad SMARTS) is 1. The van der Waals surface area contributed by atoms with Crippen molar-refractivity contribution >= 4 is 5.97 Å². The van der Waals surface area contributed by atoms with Gasteiger partial charge in [0, 0.05) is 19.1 Å². The molecule has 0 radical (unpaired) electrons. The van der Waals surface area contributed by atoms with Crippen LogP contribution in [0.4, 0.5) is 0 Å². The minimum Gasteiger partial charge on any atom is -0.481 e. The summed E-state index contributed by atoms with van der Waals surface area (Å²) in [6.45, 7) is 4.30. The molecule has 4 nitrogen and oxygen atoms in total. The van der Waals surface area contributed by atoms with Crippen LogP contribution in [0.25, 0.3) is 0 Å². The number of nitrogens with zero attached hydrogens (tertiary/aromatic N) is 2. The molecule has 0 amide bonds. The maximum absolute atomic E-state index is 11.1. The molecule has 0 aliphatic carbocycles. The molecule has 0 bridgehead atoms. The van der Waals surface area contributed by atoms with Crippen LogP contribution < -0.4 is 0 Å². The van der Waals surface area contributed by atoms with E-state index in [1.165, 1.54) is 25.9 Å². The van der Waals surface area contributed by atoms with E-state index in [0.717, 1.165) is 18.7 Å². The van der Waals surface area contributed by atoms with E-state index >= 15 is 0 Å². The monoisotopic (exact) mass is 276 g/mol. The first-order valence-electron chi connectivity index (χ1n) is 7.36. The third-order valence-electron chi connectivity index (χ3n) is 4.05. The molecule has 1 N–H and O–H groups in total. The van der Waals surface area contributed by atoms with Gasteiger partial charge in [0.25, 0.3) is 0 Å². The van der Waals surface area contributed by atoms with Crippen LogP contribution in [0, 0.1) is 0 Å². The van der Waals surface area contributed by atoms with Gasteiger partial charge in [0.1, 0.15) is 0 Å². The molecule has 1 atom stereocenters. The zero-order valence-electron chi connectivity index (χ0n) is 12.2. The lowest BCUT2D eigenvalue weighted by Gasteiger charge is -2.29. The highest BCUT2D eigenvalue weighted by Gasteiger charge is 2.21.